The monoisotopic (exact) mass is 424 g/mol. The Morgan fingerprint density at radius 2 is 1.74 bits per heavy atom. The first kappa shape index (κ1) is 22.2. The molecule has 5 saturated carbocycles. The minimum Gasteiger partial charge on any atom is -0.299 e. The molecule has 5 aliphatic carbocycles. The fraction of sp³-hybridized carbons (Fsp3) is 0.900. The highest BCUT2D eigenvalue weighted by Gasteiger charge is 2.81. The minimum absolute atomic E-state index is 0.334. The standard InChI is InChI=1S/C30H48O/c1-19(2)20(3)8-9-21(4)23-12-14-28(7)26-11-10-24-22(5)25(31)13-15-29(24)18-30(26,29)17-16-27(23,28)6/h19,21-24,26H,3,8-18H2,1-2,4-7H3/t21-,22-,23-,24+,26+,27-,28+,29-,30+/m1/s1. The predicted molar refractivity (Wildman–Crippen MR) is 130 cm³/mol. The number of rotatable bonds is 5. The minimum atomic E-state index is 0.334. The molecular weight excluding hydrogens is 376 g/mol. The van der Waals surface area contributed by atoms with Crippen molar-refractivity contribution in [2.45, 2.75) is 112 Å². The van der Waals surface area contributed by atoms with E-state index in [1.165, 1.54) is 69.8 Å². The van der Waals surface area contributed by atoms with Crippen LogP contribution >= 0.6 is 0 Å². The maximum absolute atomic E-state index is 12.5. The Labute approximate surface area is 192 Å². The van der Waals surface area contributed by atoms with Crippen molar-refractivity contribution in [1.29, 1.82) is 0 Å². The number of allylic oxidation sites excluding steroid dienone is 1. The molecule has 0 heterocycles. The van der Waals surface area contributed by atoms with Gasteiger partial charge in [-0.25, -0.2) is 0 Å². The van der Waals surface area contributed by atoms with E-state index < -0.39 is 0 Å². The van der Waals surface area contributed by atoms with E-state index in [9.17, 15) is 4.79 Å². The number of fused-ring (bicyclic) bond motifs is 2. The lowest BCUT2D eigenvalue weighted by atomic mass is 9.43. The average Bonchev–Trinajstić information content (AvgIpc) is 3.31. The molecule has 0 bridgehead atoms. The summed E-state index contributed by atoms with van der Waals surface area (Å²) in [5.74, 6) is 4.84. The van der Waals surface area contributed by atoms with Crippen LogP contribution in [0.15, 0.2) is 12.2 Å². The molecule has 0 unspecified atom stereocenters. The van der Waals surface area contributed by atoms with Crippen LogP contribution in [-0.2, 0) is 4.79 Å². The summed E-state index contributed by atoms with van der Waals surface area (Å²) < 4.78 is 0. The summed E-state index contributed by atoms with van der Waals surface area (Å²) in [6.45, 7) is 19.2. The van der Waals surface area contributed by atoms with Crippen molar-refractivity contribution >= 4 is 5.78 Å². The molecule has 9 atom stereocenters. The molecule has 0 aromatic rings. The molecular formula is C30H48O. The Morgan fingerprint density at radius 1 is 1.00 bits per heavy atom. The zero-order valence-corrected chi connectivity index (χ0v) is 21.4. The fourth-order valence-corrected chi connectivity index (χ4v) is 10.7. The van der Waals surface area contributed by atoms with E-state index in [1.807, 2.05) is 0 Å². The van der Waals surface area contributed by atoms with Gasteiger partial charge in [0.15, 0.2) is 0 Å². The van der Waals surface area contributed by atoms with Crippen LogP contribution in [0, 0.1) is 57.2 Å². The van der Waals surface area contributed by atoms with Crippen LogP contribution in [0.5, 0.6) is 0 Å². The van der Waals surface area contributed by atoms with Crippen LogP contribution in [0.25, 0.3) is 0 Å². The first-order valence-corrected chi connectivity index (χ1v) is 13.7. The van der Waals surface area contributed by atoms with E-state index >= 15 is 0 Å². The Hall–Kier alpha value is -0.590. The highest BCUT2D eigenvalue weighted by molar-refractivity contribution is 5.82. The van der Waals surface area contributed by atoms with Crippen molar-refractivity contribution < 1.29 is 4.79 Å². The lowest BCUT2D eigenvalue weighted by Gasteiger charge is -2.61. The number of carbonyl (C=O) groups excluding carboxylic acids is 1. The highest BCUT2D eigenvalue weighted by Crippen LogP contribution is 2.88. The van der Waals surface area contributed by atoms with Gasteiger partial charge in [-0.15, -0.1) is 0 Å². The maximum atomic E-state index is 12.5. The van der Waals surface area contributed by atoms with Gasteiger partial charge in [0.25, 0.3) is 0 Å². The van der Waals surface area contributed by atoms with Crippen LogP contribution in [-0.4, -0.2) is 5.78 Å². The van der Waals surface area contributed by atoms with Crippen LogP contribution in [0.2, 0.25) is 0 Å². The van der Waals surface area contributed by atoms with Gasteiger partial charge in [-0.1, -0.05) is 53.7 Å². The number of hydrogen-bond acceptors (Lipinski definition) is 1. The second-order valence-electron chi connectivity index (χ2n) is 13.8. The lowest BCUT2D eigenvalue weighted by Crippen LogP contribution is -2.55. The zero-order valence-electron chi connectivity index (χ0n) is 21.4. The number of Topliss-reactive ketones (excluding diaryl/α,β-unsaturated/α-hetero) is 1. The van der Waals surface area contributed by atoms with Gasteiger partial charge >= 0.3 is 0 Å². The maximum Gasteiger partial charge on any atom is 0.136 e. The van der Waals surface area contributed by atoms with E-state index in [0.29, 0.717) is 45.2 Å². The number of hydrogen-bond donors (Lipinski definition) is 0. The average molecular weight is 425 g/mol. The molecule has 0 aliphatic heterocycles. The summed E-state index contributed by atoms with van der Waals surface area (Å²) in [7, 11) is 0. The molecule has 0 N–H and O–H groups in total. The van der Waals surface area contributed by atoms with Crippen LogP contribution in [0.1, 0.15) is 112 Å². The summed E-state index contributed by atoms with van der Waals surface area (Å²) in [4.78, 5) is 12.5. The van der Waals surface area contributed by atoms with Gasteiger partial charge < -0.3 is 0 Å². The van der Waals surface area contributed by atoms with Gasteiger partial charge in [0.05, 0.1) is 0 Å². The lowest BCUT2D eigenvalue weighted by molar-refractivity contribution is -0.146. The molecule has 5 rings (SSSR count). The third kappa shape index (κ3) is 2.70. The van der Waals surface area contributed by atoms with E-state index in [4.69, 9.17) is 0 Å². The summed E-state index contributed by atoms with van der Waals surface area (Å²) in [6, 6.07) is 0. The van der Waals surface area contributed by atoms with E-state index in [1.54, 1.807) is 0 Å². The Morgan fingerprint density at radius 3 is 2.45 bits per heavy atom. The summed E-state index contributed by atoms with van der Waals surface area (Å²) >= 11 is 0. The topological polar surface area (TPSA) is 17.1 Å². The largest absolute Gasteiger partial charge is 0.299 e. The molecule has 1 heteroatoms. The first-order chi connectivity index (χ1) is 14.5. The number of ketones is 1. The molecule has 5 fully saturated rings. The molecule has 2 spiro atoms. The van der Waals surface area contributed by atoms with Crippen molar-refractivity contribution in [2.75, 3.05) is 0 Å². The van der Waals surface area contributed by atoms with Gasteiger partial charge in [-0.3, -0.25) is 4.79 Å². The molecule has 0 radical (unpaired) electrons. The molecule has 0 amide bonds. The smallest absolute Gasteiger partial charge is 0.136 e. The van der Waals surface area contributed by atoms with Crippen LogP contribution < -0.4 is 0 Å². The van der Waals surface area contributed by atoms with Crippen molar-refractivity contribution in [3.63, 3.8) is 0 Å². The second-order valence-corrected chi connectivity index (χ2v) is 13.8. The van der Waals surface area contributed by atoms with Gasteiger partial charge in [0.2, 0.25) is 0 Å². The zero-order chi connectivity index (χ0) is 22.4. The van der Waals surface area contributed by atoms with Crippen molar-refractivity contribution in [3.8, 4) is 0 Å². The van der Waals surface area contributed by atoms with Crippen molar-refractivity contribution in [2.24, 2.45) is 57.2 Å². The SMILES string of the molecule is C=C(CC[C@@H](C)[C@H]1CC[C@@]2(C)[C@@H]3CC[C@H]4[C@@H](C)C(=O)CC[C@@]45C[C@@]35CC[C@]12C)C(C)C. The Kier molecular flexibility index (Phi) is 4.99. The normalized spacial score (nSPS) is 51.5. The summed E-state index contributed by atoms with van der Waals surface area (Å²) in [5, 5.41) is 0. The van der Waals surface area contributed by atoms with Crippen molar-refractivity contribution in [1.82, 2.24) is 0 Å². The van der Waals surface area contributed by atoms with Crippen LogP contribution in [0.4, 0.5) is 0 Å². The van der Waals surface area contributed by atoms with E-state index in [0.717, 1.165) is 24.2 Å². The summed E-state index contributed by atoms with van der Waals surface area (Å²) in [5.41, 5.74) is 3.61. The quantitative estimate of drug-likeness (QED) is 0.406. The molecule has 31 heavy (non-hydrogen) atoms. The second kappa shape index (κ2) is 6.96. The van der Waals surface area contributed by atoms with Gasteiger partial charge in [-0.2, -0.15) is 0 Å². The molecule has 0 aromatic carbocycles. The van der Waals surface area contributed by atoms with Crippen LogP contribution in [0.3, 0.4) is 0 Å². The molecule has 0 saturated heterocycles. The first-order valence-electron chi connectivity index (χ1n) is 13.7. The molecule has 174 valence electrons. The molecule has 5 aliphatic rings. The van der Waals surface area contributed by atoms with Gasteiger partial charge in [0.1, 0.15) is 5.78 Å². The third-order valence-electron chi connectivity index (χ3n) is 13.0. The highest BCUT2D eigenvalue weighted by atomic mass is 16.1. The third-order valence-corrected chi connectivity index (χ3v) is 13.0. The molecule has 1 nitrogen and oxygen atoms in total. The molecule has 0 aromatic heterocycles. The van der Waals surface area contributed by atoms with Gasteiger partial charge in [0, 0.05) is 12.3 Å². The Balaban J connectivity index is 1.38. The Bertz CT molecular complexity index is 779. The van der Waals surface area contributed by atoms with Crippen molar-refractivity contribution in [3.05, 3.63) is 12.2 Å². The fourth-order valence-electron chi connectivity index (χ4n) is 10.7. The van der Waals surface area contributed by atoms with Gasteiger partial charge in [-0.05, 0) is 115 Å². The summed E-state index contributed by atoms with van der Waals surface area (Å²) in [6.07, 6.45) is 14.6. The number of carbonyl (C=O) groups is 1. The predicted octanol–water partition coefficient (Wildman–Crippen LogP) is 8.23. The van der Waals surface area contributed by atoms with E-state index in [2.05, 4.69) is 48.1 Å². The van der Waals surface area contributed by atoms with E-state index in [-0.39, 0.29) is 0 Å².